The van der Waals surface area contributed by atoms with E-state index in [1.807, 2.05) is 36.6 Å². The van der Waals surface area contributed by atoms with Crippen molar-refractivity contribution in [2.24, 2.45) is 0 Å². The number of pyridine rings is 1. The topological polar surface area (TPSA) is 52.0 Å². The molecule has 0 aliphatic heterocycles. The summed E-state index contributed by atoms with van der Waals surface area (Å²) in [6, 6.07) is 6.12. The largest absolute Gasteiger partial charge is 0.359 e. The lowest BCUT2D eigenvalue weighted by atomic mass is 9.97. The Morgan fingerprint density at radius 1 is 1.23 bits per heavy atom. The van der Waals surface area contributed by atoms with Crippen molar-refractivity contribution in [1.29, 1.82) is 0 Å². The molecule has 0 saturated heterocycles. The molecule has 4 nitrogen and oxygen atoms in total. The Morgan fingerprint density at radius 3 is 3.00 bits per heavy atom. The molecule has 2 N–H and O–H groups in total. The Hall–Kier alpha value is -2.01. The van der Waals surface area contributed by atoms with Crippen molar-refractivity contribution in [2.45, 2.75) is 39.2 Å². The first-order valence-corrected chi connectivity index (χ1v) is 8.61. The van der Waals surface area contributed by atoms with Crippen molar-refractivity contribution >= 4 is 27.4 Å². The van der Waals surface area contributed by atoms with Gasteiger partial charge in [-0.3, -0.25) is 0 Å². The number of hydrogen-bond acceptors (Lipinski definition) is 4. The fourth-order valence-corrected chi connectivity index (χ4v) is 4.42. The summed E-state index contributed by atoms with van der Waals surface area (Å²) in [5.74, 6) is 1.82. The minimum Gasteiger partial charge on any atom is -0.359 e. The summed E-state index contributed by atoms with van der Waals surface area (Å²) < 4.78 is 0. The maximum absolute atomic E-state index is 4.67. The van der Waals surface area contributed by atoms with Gasteiger partial charge in [0.15, 0.2) is 11.9 Å². The van der Waals surface area contributed by atoms with Gasteiger partial charge in [-0.15, -0.1) is 11.3 Å². The van der Waals surface area contributed by atoms with E-state index in [2.05, 4.69) is 26.3 Å². The van der Waals surface area contributed by atoms with Crippen molar-refractivity contribution in [2.75, 3.05) is 5.32 Å². The van der Waals surface area contributed by atoms with Crippen molar-refractivity contribution in [3.63, 3.8) is 0 Å². The maximum Gasteiger partial charge on any atom is 0.198 e. The van der Waals surface area contributed by atoms with Crippen LogP contribution in [0.5, 0.6) is 0 Å². The van der Waals surface area contributed by atoms with Gasteiger partial charge in [0, 0.05) is 17.0 Å². The van der Waals surface area contributed by atoms with Crippen LogP contribution in [-0.4, -0.2) is 9.97 Å². The standard InChI is InChI=1S/C17H18N4S/c1-11-20-16(19-10-12-6-4-5-9-18-12)15-13-7-2-3-8-14(13)22-17(15)21-11/h4-6,9H,2-3,7-8,10H2,1H3,(H,19,20,21)/p+1. The molecule has 0 spiro atoms. The van der Waals surface area contributed by atoms with Gasteiger partial charge in [-0.2, -0.15) is 0 Å². The first-order valence-electron chi connectivity index (χ1n) is 7.79. The molecular weight excluding hydrogens is 292 g/mol. The van der Waals surface area contributed by atoms with Crippen LogP contribution >= 0.6 is 11.3 Å². The molecule has 22 heavy (non-hydrogen) atoms. The molecule has 0 aromatic carbocycles. The number of nitrogens with one attached hydrogen (secondary N) is 2. The van der Waals surface area contributed by atoms with E-state index in [4.69, 9.17) is 0 Å². The number of aromatic amines is 1. The van der Waals surface area contributed by atoms with E-state index in [1.165, 1.54) is 35.1 Å². The number of H-pyrrole nitrogens is 1. The Balaban J connectivity index is 1.74. The summed E-state index contributed by atoms with van der Waals surface area (Å²) in [6.45, 7) is 2.72. The highest BCUT2D eigenvalue weighted by molar-refractivity contribution is 7.19. The molecule has 0 saturated carbocycles. The van der Waals surface area contributed by atoms with Crippen molar-refractivity contribution in [3.8, 4) is 0 Å². The van der Waals surface area contributed by atoms with Gasteiger partial charge in [0.05, 0.1) is 5.39 Å². The second-order valence-electron chi connectivity index (χ2n) is 5.75. The number of rotatable bonds is 3. The first-order chi connectivity index (χ1) is 10.8. The van der Waals surface area contributed by atoms with E-state index in [0.29, 0.717) is 0 Å². The lowest BCUT2D eigenvalue weighted by Gasteiger charge is -2.12. The molecule has 5 heteroatoms. The van der Waals surface area contributed by atoms with Crippen LogP contribution in [0, 0.1) is 6.92 Å². The predicted octanol–water partition coefficient (Wildman–Crippen LogP) is 3.30. The molecule has 4 rings (SSSR count). The minimum absolute atomic E-state index is 0.747. The smallest absolute Gasteiger partial charge is 0.198 e. The number of fused-ring (bicyclic) bond motifs is 3. The third-order valence-electron chi connectivity index (χ3n) is 4.15. The number of nitrogens with zero attached hydrogens (tertiary/aromatic N) is 2. The molecule has 0 unspecified atom stereocenters. The molecule has 0 atom stereocenters. The first kappa shape index (κ1) is 13.6. The van der Waals surface area contributed by atoms with Crippen LogP contribution in [0.1, 0.15) is 34.8 Å². The number of hydrogen-bond donors (Lipinski definition) is 1. The van der Waals surface area contributed by atoms with Gasteiger partial charge in [-0.05, 0) is 38.2 Å². The summed E-state index contributed by atoms with van der Waals surface area (Å²) in [5.41, 5.74) is 2.63. The molecule has 3 aromatic rings. The normalized spacial score (nSPS) is 14.0. The highest BCUT2D eigenvalue weighted by Crippen LogP contribution is 2.38. The molecule has 0 fully saturated rings. The van der Waals surface area contributed by atoms with Gasteiger partial charge in [0.1, 0.15) is 23.0 Å². The molecule has 112 valence electrons. The molecule has 0 radical (unpaired) electrons. The SMILES string of the molecule is Cc1nc(NCc2cccc[nH+]2)c2c3c(sc2n1)CCCC3. The van der Waals surface area contributed by atoms with Crippen LogP contribution in [-0.2, 0) is 19.4 Å². The zero-order valence-corrected chi connectivity index (χ0v) is 13.5. The van der Waals surface area contributed by atoms with E-state index in [9.17, 15) is 0 Å². The van der Waals surface area contributed by atoms with E-state index in [0.717, 1.165) is 35.1 Å². The van der Waals surface area contributed by atoms with E-state index in [-0.39, 0.29) is 0 Å². The third-order valence-corrected chi connectivity index (χ3v) is 5.33. The minimum atomic E-state index is 0.747. The van der Waals surface area contributed by atoms with Crippen LogP contribution < -0.4 is 10.3 Å². The van der Waals surface area contributed by atoms with Crippen LogP contribution in [0.15, 0.2) is 24.4 Å². The van der Waals surface area contributed by atoms with Crippen LogP contribution in [0.3, 0.4) is 0 Å². The Labute approximate surface area is 133 Å². The molecular formula is C17H19N4S+. The lowest BCUT2D eigenvalue weighted by Crippen LogP contribution is -2.14. The Kier molecular flexibility index (Phi) is 3.50. The average molecular weight is 311 g/mol. The molecule has 0 bridgehead atoms. The van der Waals surface area contributed by atoms with Crippen molar-refractivity contribution < 1.29 is 4.98 Å². The average Bonchev–Trinajstić information content (AvgIpc) is 2.91. The van der Waals surface area contributed by atoms with Crippen LogP contribution in [0.2, 0.25) is 0 Å². The highest BCUT2D eigenvalue weighted by Gasteiger charge is 2.20. The number of thiophene rings is 1. The fourth-order valence-electron chi connectivity index (χ4n) is 3.11. The third kappa shape index (κ3) is 2.46. The summed E-state index contributed by atoms with van der Waals surface area (Å²) in [4.78, 5) is 15.2. The Bertz CT molecular complexity index is 810. The second-order valence-corrected chi connectivity index (χ2v) is 6.84. The zero-order chi connectivity index (χ0) is 14.9. The van der Waals surface area contributed by atoms with Crippen molar-refractivity contribution in [3.05, 3.63) is 46.4 Å². The molecule has 0 amide bonds. The van der Waals surface area contributed by atoms with Gasteiger partial charge in [-0.1, -0.05) is 6.07 Å². The van der Waals surface area contributed by atoms with Gasteiger partial charge in [0.2, 0.25) is 0 Å². The highest BCUT2D eigenvalue weighted by atomic mass is 32.1. The van der Waals surface area contributed by atoms with Crippen LogP contribution in [0.4, 0.5) is 5.82 Å². The molecule has 3 heterocycles. The summed E-state index contributed by atoms with van der Waals surface area (Å²) in [6.07, 6.45) is 6.88. The molecule has 1 aliphatic rings. The second kappa shape index (κ2) is 5.65. The van der Waals surface area contributed by atoms with Gasteiger partial charge >= 0.3 is 0 Å². The van der Waals surface area contributed by atoms with Gasteiger partial charge < -0.3 is 5.32 Å². The monoisotopic (exact) mass is 311 g/mol. The summed E-state index contributed by atoms with van der Waals surface area (Å²) in [5, 5.41) is 4.76. The van der Waals surface area contributed by atoms with Gasteiger partial charge in [0.25, 0.3) is 0 Å². The summed E-state index contributed by atoms with van der Waals surface area (Å²) in [7, 11) is 0. The van der Waals surface area contributed by atoms with E-state index in [1.54, 1.807) is 0 Å². The Morgan fingerprint density at radius 2 is 2.14 bits per heavy atom. The zero-order valence-electron chi connectivity index (χ0n) is 12.6. The van der Waals surface area contributed by atoms with E-state index >= 15 is 0 Å². The number of aryl methyl sites for hydroxylation is 3. The summed E-state index contributed by atoms with van der Waals surface area (Å²) >= 11 is 1.85. The number of anilines is 1. The number of aromatic nitrogens is 3. The van der Waals surface area contributed by atoms with Gasteiger partial charge in [-0.25, -0.2) is 15.0 Å². The molecule has 1 aliphatic carbocycles. The molecule has 3 aromatic heterocycles. The quantitative estimate of drug-likeness (QED) is 0.807. The van der Waals surface area contributed by atoms with Crippen molar-refractivity contribution in [1.82, 2.24) is 9.97 Å². The van der Waals surface area contributed by atoms with E-state index < -0.39 is 0 Å². The maximum atomic E-state index is 4.67. The van der Waals surface area contributed by atoms with Crippen LogP contribution in [0.25, 0.3) is 10.2 Å². The predicted molar refractivity (Wildman–Crippen MR) is 89.1 cm³/mol. The fraction of sp³-hybridized carbons (Fsp3) is 0.353. The lowest BCUT2D eigenvalue weighted by molar-refractivity contribution is -0.389.